The number of rotatable bonds is 7. The summed E-state index contributed by atoms with van der Waals surface area (Å²) in [5, 5.41) is 23.4. The predicted octanol–water partition coefficient (Wildman–Crippen LogP) is 3.88. The molecule has 12 heteroatoms. The van der Waals surface area contributed by atoms with Crippen LogP contribution in [0.3, 0.4) is 0 Å². The van der Waals surface area contributed by atoms with Crippen molar-refractivity contribution in [1.29, 1.82) is 0 Å². The molecule has 1 fully saturated rings. The number of pyridine rings is 1. The van der Waals surface area contributed by atoms with Crippen molar-refractivity contribution in [3.63, 3.8) is 0 Å². The first-order valence-corrected chi connectivity index (χ1v) is 14.1. The van der Waals surface area contributed by atoms with E-state index < -0.39 is 0 Å². The highest BCUT2D eigenvalue weighted by molar-refractivity contribution is 6.00. The molecule has 4 heterocycles. The number of aromatic hydroxyl groups is 1. The summed E-state index contributed by atoms with van der Waals surface area (Å²) in [5.74, 6) is -0.595. The molecule has 0 unspecified atom stereocenters. The third kappa shape index (κ3) is 5.36. The zero-order valence-electron chi connectivity index (χ0n) is 24.2. The zero-order valence-corrected chi connectivity index (χ0v) is 24.2. The fourth-order valence-corrected chi connectivity index (χ4v) is 5.84. The van der Waals surface area contributed by atoms with Gasteiger partial charge in [0, 0.05) is 49.3 Å². The first kappa shape index (κ1) is 28.1. The van der Waals surface area contributed by atoms with Crippen molar-refractivity contribution >= 4 is 33.6 Å². The number of carbonyl (C=O) groups is 2. The van der Waals surface area contributed by atoms with E-state index in [-0.39, 0.29) is 48.3 Å². The van der Waals surface area contributed by atoms with Crippen molar-refractivity contribution in [2.75, 3.05) is 20.2 Å². The Morgan fingerprint density at radius 2 is 1.91 bits per heavy atom. The second-order valence-corrected chi connectivity index (χ2v) is 10.8. The van der Waals surface area contributed by atoms with Gasteiger partial charge >= 0.3 is 0 Å². The Hall–Kier alpha value is -5.00. The van der Waals surface area contributed by atoms with Crippen LogP contribution in [0, 0.1) is 5.82 Å². The molecule has 1 saturated heterocycles. The fraction of sp³-hybridized carbons (Fsp3) is 0.323. The Balaban J connectivity index is 1.37. The van der Waals surface area contributed by atoms with Crippen molar-refractivity contribution < 1.29 is 23.8 Å². The number of carbonyl (C=O) groups excluding carboxylic acids is 2. The summed E-state index contributed by atoms with van der Waals surface area (Å²) in [6, 6.07) is 12.0. The van der Waals surface area contributed by atoms with Crippen molar-refractivity contribution in [1.82, 2.24) is 34.8 Å². The minimum absolute atomic E-state index is 0.0284. The van der Waals surface area contributed by atoms with E-state index in [9.17, 15) is 14.7 Å². The van der Waals surface area contributed by atoms with Gasteiger partial charge < -0.3 is 20.1 Å². The van der Waals surface area contributed by atoms with Crippen LogP contribution >= 0.6 is 0 Å². The first-order chi connectivity index (χ1) is 20.7. The average Bonchev–Trinajstić information content (AvgIpc) is 3.56. The molecule has 0 spiro atoms. The van der Waals surface area contributed by atoms with Crippen LogP contribution in [0.15, 0.2) is 48.7 Å². The Bertz CT molecular complexity index is 1860. The maximum absolute atomic E-state index is 15.6. The minimum atomic E-state index is -0.368. The van der Waals surface area contributed by atoms with Gasteiger partial charge in [0.1, 0.15) is 12.4 Å². The van der Waals surface area contributed by atoms with Gasteiger partial charge in [-0.05, 0) is 48.7 Å². The molecule has 0 radical (unpaired) electrons. The summed E-state index contributed by atoms with van der Waals surface area (Å²) in [5.41, 5.74) is 3.95. The van der Waals surface area contributed by atoms with Crippen molar-refractivity contribution in [2.24, 2.45) is 7.05 Å². The number of piperidine rings is 1. The van der Waals surface area contributed by atoms with Crippen molar-refractivity contribution in [3.05, 3.63) is 65.9 Å². The van der Waals surface area contributed by atoms with Crippen LogP contribution in [-0.4, -0.2) is 66.6 Å². The summed E-state index contributed by atoms with van der Waals surface area (Å²) in [6.45, 7) is 2.85. The van der Waals surface area contributed by atoms with Crippen LogP contribution in [0.1, 0.15) is 37.1 Å². The van der Waals surface area contributed by atoms with Crippen LogP contribution in [0.2, 0.25) is 0 Å². The van der Waals surface area contributed by atoms with Gasteiger partial charge in [-0.15, -0.1) is 0 Å². The van der Waals surface area contributed by atoms with Crippen LogP contribution in [0.5, 0.6) is 11.6 Å². The van der Waals surface area contributed by atoms with Crippen LogP contribution in [0.25, 0.3) is 32.9 Å². The Morgan fingerprint density at radius 3 is 2.65 bits per heavy atom. The molecule has 6 rings (SSSR count). The van der Waals surface area contributed by atoms with E-state index in [1.165, 1.54) is 19.2 Å². The third-order valence-electron chi connectivity index (χ3n) is 8.11. The number of amides is 2. The molecule has 222 valence electrons. The van der Waals surface area contributed by atoms with Gasteiger partial charge in [-0.1, -0.05) is 12.1 Å². The molecule has 1 aliphatic heterocycles. The predicted molar refractivity (Wildman–Crippen MR) is 158 cm³/mol. The van der Waals surface area contributed by atoms with E-state index in [4.69, 9.17) is 9.84 Å². The smallest absolute Gasteiger partial charge is 0.256 e. The number of nitrogens with zero attached hydrogens (tertiary/aromatic N) is 6. The maximum atomic E-state index is 15.6. The monoisotopic (exact) mass is 585 g/mol. The molecule has 2 amide bonds. The number of nitrogens with one attached hydrogen (secondary N) is 1. The summed E-state index contributed by atoms with van der Waals surface area (Å²) in [6.07, 6.45) is 3.06. The number of fused-ring (bicyclic) bond motifs is 2. The van der Waals surface area contributed by atoms with E-state index in [0.29, 0.717) is 53.7 Å². The third-order valence-corrected chi connectivity index (χ3v) is 8.11. The second kappa shape index (κ2) is 11.3. The lowest BCUT2D eigenvalue weighted by molar-refractivity contribution is -0.129. The van der Waals surface area contributed by atoms with E-state index in [1.807, 2.05) is 30.1 Å². The van der Waals surface area contributed by atoms with Crippen LogP contribution < -0.4 is 10.1 Å². The maximum Gasteiger partial charge on any atom is 0.256 e. The minimum Gasteiger partial charge on any atom is -0.503 e. The molecule has 0 atom stereocenters. The fourth-order valence-electron chi connectivity index (χ4n) is 5.84. The van der Waals surface area contributed by atoms with Gasteiger partial charge in [0.25, 0.3) is 5.88 Å². The molecule has 0 saturated carbocycles. The molecule has 2 N–H and O–H groups in total. The first-order valence-electron chi connectivity index (χ1n) is 14.1. The van der Waals surface area contributed by atoms with Crippen LogP contribution in [0.4, 0.5) is 4.39 Å². The molecular formula is C31H32FN7O4. The highest BCUT2D eigenvalue weighted by Crippen LogP contribution is 2.39. The lowest BCUT2D eigenvalue weighted by Crippen LogP contribution is -2.36. The van der Waals surface area contributed by atoms with Gasteiger partial charge in [0.15, 0.2) is 5.75 Å². The standard InChI is InChI=1S/C31H32FN7O4/c1-18(40)38-11-9-19(10-12-38)30-29-22(23-14-26-20(13-24(23)32)15-34-37(26)2)5-4-6-25(29)39(36-30)17-28(42)33-16-21-7-8-27(41)31(35-21)43-3/h4-8,13-15,19,41H,9-12,16-17H2,1-3H3,(H,33,42). The topological polar surface area (TPSA) is 127 Å². The van der Waals surface area contributed by atoms with Gasteiger partial charge in [-0.2, -0.15) is 10.2 Å². The Morgan fingerprint density at radius 1 is 1.12 bits per heavy atom. The molecule has 0 bridgehead atoms. The molecule has 3 aromatic heterocycles. The molecular weight excluding hydrogens is 553 g/mol. The number of aromatic nitrogens is 5. The summed E-state index contributed by atoms with van der Waals surface area (Å²) < 4.78 is 24.0. The number of aryl methyl sites for hydroxylation is 1. The number of benzene rings is 2. The van der Waals surface area contributed by atoms with E-state index in [0.717, 1.165) is 16.6 Å². The van der Waals surface area contributed by atoms with Gasteiger partial charge in [-0.3, -0.25) is 19.0 Å². The van der Waals surface area contributed by atoms with Gasteiger partial charge in [0.2, 0.25) is 11.8 Å². The summed E-state index contributed by atoms with van der Waals surface area (Å²) in [4.78, 5) is 31.1. The largest absolute Gasteiger partial charge is 0.503 e. The number of likely N-dealkylation sites (tertiary alicyclic amines) is 1. The molecule has 1 aliphatic rings. The van der Waals surface area contributed by atoms with Crippen LogP contribution in [-0.2, 0) is 29.7 Å². The second-order valence-electron chi connectivity index (χ2n) is 10.8. The van der Waals surface area contributed by atoms with Gasteiger partial charge in [-0.25, -0.2) is 9.37 Å². The van der Waals surface area contributed by atoms with E-state index >= 15 is 4.39 Å². The average molecular weight is 586 g/mol. The lowest BCUT2D eigenvalue weighted by Gasteiger charge is -2.30. The highest BCUT2D eigenvalue weighted by Gasteiger charge is 2.28. The quantitative estimate of drug-likeness (QED) is 0.297. The number of hydrogen-bond acceptors (Lipinski definition) is 7. The summed E-state index contributed by atoms with van der Waals surface area (Å²) in [7, 11) is 3.23. The molecule has 5 aromatic rings. The number of halogens is 1. The van der Waals surface area contributed by atoms with E-state index in [1.54, 1.807) is 34.6 Å². The van der Waals surface area contributed by atoms with Gasteiger partial charge in [0.05, 0.1) is 42.3 Å². The normalized spacial score (nSPS) is 14.0. The molecule has 11 nitrogen and oxygen atoms in total. The highest BCUT2D eigenvalue weighted by atomic mass is 19.1. The molecule has 0 aliphatic carbocycles. The molecule has 2 aromatic carbocycles. The number of hydrogen-bond donors (Lipinski definition) is 2. The Labute approximate surface area is 246 Å². The SMILES string of the molecule is COc1nc(CNC(=O)Cn2nc(C3CCN(C(C)=O)CC3)c3c(-c4cc5c(cnn5C)cc4F)cccc32)ccc1O. The zero-order chi connectivity index (χ0) is 30.2. The van der Waals surface area contributed by atoms with Crippen molar-refractivity contribution in [2.45, 2.75) is 38.8 Å². The number of ether oxygens (including phenoxy) is 1. The number of methoxy groups -OCH3 is 1. The lowest BCUT2D eigenvalue weighted by atomic mass is 9.89. The summed E-state index contributed by atoms with van der Waals surface area (Å²) >= 11 is 0. The molecule has 43 heavy (non-hydrogen) atoms. The Kier molecular flexibility index (Phi) is 7.43. The van der Waals surface area contributed by atoms with Crippen molar-refractivity contribution in [3.8, 4) is 22.8 Å². The van der Waals surface area contributed by atoms with E-state index in [2.05, 4.69) is 15.4 Å².